The summed E-state index contributed by atoms with van der Waals surface area (Å²) in [4.78, 5) is 7.11. The van der Waals surface area contributed by atoms with E-state index in [4.69, 9.17) is 23.2 Å². The van der Waals surface area contributed by atoms with Crippen molar-refractivity contribution < 1.29 is 4.39 Å². The number of aromatic amines is 1. The van der Waals surface area contributed by atoms with Gasteiger partial charge in [0.05, 0.1) is 10.9 Å². The average molecular weight is 259 g/mol. The summed E-state index contributed by atoms with van der Waals surface area (Å²) in [7, 11) is 0. The maximum absolute atomic E-state index is 13.6. The van der Waals surface area contributed by atoms with Gasteiger partial charge in [-0.3, -0.25) is 0 Å². The molecule has 0 fully saturated rings. The highest BCUT2D eigenvalue weighted by molar-refractivity contribution is 6.30. The molecular weight excluding hydrogens is 250 g/mol. The molecule has 0 saturated heterocycles. The molecule has 5 heteroatoms. The Balaban J connectivity index is 2.23. The predicted octanol–water partition coefficient (Wildman–Crippen LogP) is 3.53. The first-order valence-electron chi connectivity index (χ1n) is 4.72. The van der Waals surface area contributed by atoms with E-state index in [0.717, 1.165) is 5.69 Å². The van der Waals surface area contributed by atoms with Crippen LogP contribution in [0.5, 0.6) is 0 Å². The molecule has 0 bridgehead atoms. The number of nitrogens with zero attached hydrogens (tertiary/aromatic N) is 1. The maximum Gasteiger partial charge on any atom is 0.145 e. The number of hydrogen-bond acceptors (Lipinski definition) is 1. The van der Waals surface area contributed by atoms with Gasteiger partial charge in [-0.2, -0.15) is 0 Å². The predicted molar refractivity (Wildman–Crippen MR) is 62.4 cm³/mol. The molecule has 0 aliphatic rings. The molecule has 0 aliphatic carbocycles. The third-order valence-electron chi connectivity index (χ3n) is 2.21. The van der Waals surface area contributed by atoms with Gasteiger partial charge in [-0.15, -0.1) is 11.6 Å². The van der Waals surface area contributed by atoms with E-state index in [1.54, 1.807) is 18.3 Å². The Morgan fingerprint density at radius 2 is 2.19 bits per heavy atom. The van der Waals surface area contributed by atoms with Gasteiger partial charge in [0.1, 0.15) is 11.6 Å². The lowest BCUT2D eigenvalue weighted by atomic mass is 10.1. The molecule has 1 N–H and O–H groups in total. The second kappa shape index (κ2) is 4.85. The highest BCUT2D eigenvalue weighted by atomic mass is 35.5. The second-order valence-electron chi connectivity index (χ2n) is 3.38. The van der Waals surface area contributed by atoms with Crippen LogP contribution in [0.15, 0.2) is 24.4 Å². The smallest absolute Gasteiger partial charge is 0.145 e. The SMILES string of the molecule is Fc1c(Cl)cccc1Cc1ncc(CCl)[nH]1. The Labute approximate surface area is 102 Å². The molecule has 2 rings (SSSR count). The molecule has 84 valence electrons. The minimum Gasteiger partial charge on any atom is -0.345 e. The normalized spacial score (nSPS) is 10.7. The highest BCUT2D eigenvalue weighted by Crippen LogP contribution is 2.19. The first-order chi connectivity index (χ1) is 7.70. The molecular formula is C11H9Cl2FN2. The Morgan fingerprint density at radius 3 is 2.88 bits per heavy atom. The summed E-state index contributed by atoms with van der Waals surface area (Å²) in [6.07, 6.45) is 2.02. The fourth-order valence-corrected chi connectivity index (χ4v) is 1.76. The van der Waals surface area contributed by atoms with Gasteiger partial charge in [-0.1, -0.05) is 23.7 Å². The topological polar surface area (TPSA) is 28.7 Å². The molecule has 2 nitrogen and oxygen atoms in total. The molecule has 2 aromatic rings. The molecule has 0 spiro atoms. The molecule has 0 aliphatic heterocycles. The van der Waals surface area contributed by atoms with Crippen LogP contribution in [0.1, 0.15) is 17.1 Å². The van der Waals surface area contributed by atoms with Gasteiger partial charge < -0.3 is 4.98 Å². The van der Waals surface area contributed by atoms with E-state index in [1.807, 2.05) is 0 Å². The van der Waals surface area contributed by atoms with Gasteiger partial charge >= 0.3 is 0 Å². The van der Waals surface area contributed by atoms with Crippen molar-refractivity contribution >= 4 is 23.2 Å². The highest BCUT2D eigenvalue weighted by Gasteiger charge is 2.08. The number of aromatic nitrogens is 2. The largest absolute Gasteiger partial charge is 0.345 e. The van der Waals surface area contributed by atoms with Crippen molar-refractivity contribution in [2.24, 2.45) is 0 Å². The molecule has 1 aromatic heterocycles. The fourth-order valence-electron chi connectivity index (χ4n) is 1.43. The van der Waals surface area contributed by atoms with E-state index < -0.39 is 5.82 Å². The monoisotopic (exact) mass is 258 g/mol. The lowest BCUT2D eigenvalue weighted by molar-refractivity contribution is 0.613. The molecule has 0 saturated carbocycles. The van der Waals surface area contributed by atoms with E-state index in [9.17, 15) is 4.39 Å². The number of alkyl halides is 1. The number of rotatable bonds is 3. The van der Waals surface area contributed by atoms with Crippen molar-refractivity contribution in [3.8, 4) is 0 Å². The van der Waals surface area contributed by atoms with Crippen LogP contribution < -0.4 is 0 Å². The number of benzene rings is 1. The van der Waals surface area contributed by atoms with Gasteiger partial charge in [0.25, 0.3) is 0 Å². The van der Waals surface area contributed by atoms with Crippen molar-refractivity contribution in [2.45, 2.75) is 12.3 Å². The minimum absolute atomic E-state index is 0.127. The first kappa shape index (κ1) is 11.4. The van der Waals surface area contributed by atoms with Crippen molar-refractivity contribution in [2.75, 3.05) is 0 Å². The van der Waals surface area contributed by atoms with Gasteiger partial charge in [0.15, 0.2) is 0 Å². The number of imidazole rings is 1. The summed E-state index contributed by atoms with van der Waals surface area (Å²) in [6.45, 7) is 0. The van der Waals surface area contributed by atoms with E-state index in [-0.39, 0.29) is 5.02 Å². The number of halogens is 3. The zero-order chi connectivity index (χ0) is 11.5. The molecule has 16 heavy (non-hydrogen) atoms. The lowest BCUT2D eigenvalue weighted by Crippen LogP contribution is -1.95. The van der Waals surface area contributed by atoms with Crippen LogP contribution in [0.2, 0.25) is 5.02 Å². The van der Waals surface area contributed by atoms with E-state index in [0.29, 0.717) is 23.7 Å². The van der Waals surface area contributed by atoms with Crippen LogP contribution in [-0.4, -0.2) is 9.97 Å². The van der Waals surface area contributed by atoms with E-state index in [2.05, 4.69) is 9.97 Å². The Kier molecular flexibility index (Phi) is 3.46. The fraction of sp³-hybridized carbons (Fsp3) is 0.182. The quantitative estimate of drug-likeness (QED) is 0.839. The zero-order valence-electron chi connectivity index (χ0n) is 8.30. The van der Waals surface area contributed by atoms with Crippen LogP contribution in [0.4, 0.5) is 4.39 Å². The number of H-pyrrole nitrogens is 1. The molecule has 0 radical (unpaired) electrons. The summed E-state index contributed by atoms with van der Waals surface area (Å²) in [5.41, 5.74) is 1.34. The number of hydrogen-bond donors (Lipinski definition) is 1. The molecule has 0 amide bonds. The summed E-state index contributed by atoms with van der Waals surface area (Å²) < 4.78 is 13.6. The average Bonchev–Trinajstić information content (AvgIpc) is 2.73. The van der Waals surface area contributed by atoms with Gasteiger partial charge in [0, 0.05) is 18.3 Å². The third kappa shape index (κ3) is 2.36. The minimum atomic E-state index is -0.395. The standard InChI is InChI=1S/C11H9Cl2FN2/c12-5-8-6-15-10(16-8)4-7-2-1-3-9(13)11(7)14/h1-3,6H,4-5H2,(H,15,16). The molecule has 0 unspecified atom stereocenters. The van der Waals surface area contributed by atoms with Crippen molar-refractivity contribution in [1.82, 2.24) is 9.97 Å². The summed E-state index contributed by atoms with van der Waals surface area (Å²) in [5, 5.41) is 0.127. The van der Waals surface area contributed by atoms with Crippen molar-refractivity contribution in [3.05, 3.63) is 52.3 Å². The number of nitrogens with one attached hydrogen (secondary N) is 1. The summed E-state index contributed by atoms with van der Waals surface area (Å²) in [5.74, 6) is 0.648. The molecule has 0 atom stereocenters. The third-order valence-corrected chi connectivity index (χ3v) is 2.79. The first-order valence-corrected chi connectivity index (χ1v) is 5.63. The van der Waals surface area contributed by atoms with Crippen LogP contribution in [0.3, 0.4) is 0 Å². The molecule has 1 heterocycles. The van der Waals surface area contributed by atoms with Crippen molar-refractivity contribution in [1.29, 1.82) is 0 Å². The Bertz CT molecular complexity index is 496. The van der Waals surface area contributed by atoms with E-state index in [1.165, 1.54) is 6.07 Å². The Morgan fingerprint density at radius 1 is 1.38 bits per heavy atom. The zero-order valence-corrected chi connectivity index (χ0v) is 9.82. The van der Waals surface area contributed by atoms with Gasteiger partial charge in [0.2, 0.25) is 0 Å². The maximum atomic E-state index is 13.6. The summed E-state index contributed by atoms with van der Waals surface area (Å²) >= 11 is 11.3. The van der Waals surface area contributed by atoms with E-state index >= 15 is 0 Å². The second-order valence-corrected chi connectivity index (χ2v) is 4.05. The molecule has 1 aromatic carbocycles. The van der Waals surface area contributed by atoms with Crippen LogP contribution >= 0.6 is 23.2 Å². The van der Waals surface area contributed by atoms with Crippen LogP contribution in [0, 0.1) is 5.82 Å². The Hall–Kier alpha value is -1.06. The van der Waals surface area contributed by atoms with Gasteiger partial charge in [-0.05, 0) is 11.6 Å². The van der Waals surface area contributed by atoms with Crippen LogP contribution in [0.25, 0.3) is 0 Å². The summed E-state index contributed by atoms with van der Waals surface area (Å²) in [6, 6.07) is 4.92. The van der Waals surface area contributed by atoms with Crippen molar-refractivity contribution in [3.63, 3.8) is 0 Å². The lowest BCUT2D eigenvalue weighted by Gasteiger charge is -2.02. The van der Waals surface area contributed by atoms with Gasteiger partial charge in [-0.25, -0.2) is 9.37 Å². The van der Waals surface area contributed by atoms with Crippen LogP contribution in [-0.2, 0) is 12.3 Å².